The molecular formula is C17H21ClN2. The minimum Gasteiger partial charge on any atom is -0.381 e. The molecule has 106 valence electrons. The first-order chi connectivity index (χ1) is 9.54. The zero-order valence-electron chi connectivity index (χ0n) is 12.3. The lowest BCUT2D eigenvalue weighted by Gasteiger charge is -2.15. The molecule has 0 bridgehead atoms. The first kappa shape index (κ1) is 14.9. The van der Waals surface area contributed by atoms with Gasteiger partial charge in [0.15, 0.2) is 0 Å². The Bertz CT molecular complexity index is 581. The number of aromatic nitrogens is 1. The lowest BCUT2D eigenvalue weighted by molar-refractivity contribution is 0.705. The number of anilines is 1. The van der Waals surface area contributed by atoms with Crippen LogP contribution in [0.25, 0.3) is 0 Å². The van der Waals surface area contributed by atoms with Crippen molar-refractivity contribution in [1.29, 1.82) is 0 Å². The molecule has 20 heavy (non-hydrogen) atoms. The van der Waals surface area contributed by atoms with Crippen LogP contribution < -0.4 is 5.32 Å². The molecule has 0 saturated heterocycles. The summed E-state index contributed by atoms with van der Waals surface area (Å²) >= 11 is 5.93. The lowest BCUT2D eigenvalue weighted by atomic mass is 10.0. The average molecular weight is 289 g/mol. The lowest BCUT2D eigenvalue weighted by Crippen LogP contribution is -2.16. The second kappa shape index (κ2) is 6.76. The predicted octanol–water partition coefficient (Wildman–Crippen LogP) is 4.79. The summed E-state index contributed by atoms with van der Waals surface area (Å²) in [6.45, 7) is 6.30. The minimum atomic E-state index is 0.401. The van der Waals surface area contributed by atoms with Crippen LogP contribution in [-0.2, 0) is 6.42 Å². The van der Waals surface area contributed by atoms with Gasteiger partial charge in [-0.2, -0.15) is 0 Å². The number of pyridine rings is 1. The predicted molar refractivity (Wildman–Crippen MR) is 86.6 cm³/mol. The molecule has 1 N–H and O–H groups in total. The Labute approximate surface area is 126 Å². The SMILES string of the molecule is Cc1cccc(CCC(C)Nc2cnc(Cl)c(C)c2)c1. The highest BCUT2D eigenvalue weighted by Gasteiger charge is 2.05. The maximum Gasteiger partial charge on any atom is 0.132 e. The number of halogens is 1. The van der Waals surface area contributed by atoms with Gasteiger partial charge in [-0.1, -0.05) is 41.4 Å². The zero-order valence-corrected chi connectivity index (χ0v) is 13.0. The molecule has 0 amide bonds. The average Bonchev–Trinajstić information content (AvgIpc) is 2.41. The van der Waals surface area contributed by atoms with E-state index in [4.69, 9.17) is 11.6 Å². The Kier molecular flexibility index (Phi) is 5.02. The van der Waals surface area contributed by atoms with Crippen molar-refractivity contribution in [2.75, 3.05) is 5.32 Å². The molecule has 2 nitrogen and oxygen atoms in total. The van der Waals surface area contributed by atoms with Crippen molar-refractivity contribution in [3.05, 3.63) is 58.4 Å². The highest BCUT2D eigenvalue weighted by atomic mass is 35.5. The maximum absolute atomic E-state index is 5.93. The molecule has 0 aliphatic carbocycles. The van der Waals surface area contributed by atoms with Gasteiger partial charge in [0.1, 0.15) is 5.15 Å². The second-order valence-corrected chi connectivity index (χ2v) is 5.76. The van der Waals surface area contributed by atoms with Gasteiger partial charge in [0.05, 0.1) is 11.9 Å². The van der Waals surface area contributed by atoms with Crippen molar-refractivity contribution < 1.29 is 0 Å². The van der Waals surface area contributed by atoms with Crippen LogP contribution in [-0.4, -0.2) is 11.0 Å². The number of rotatable bonds is 5. The summed E-state index contributed by atoms with van der Waals surface area (Å²) in [6, 6.07) is 11.1. The fourth-order valence-corrected chi connectivity index (χ4v) is 2.35. The molecule has 2 aromatic rings. The molecule has 2 rings (SSSR count). The fourth-order valence-electron chi connectivity index (χ4n) is 2.24. The van der Waals surface area contributed by atoms with Crippen molar-refractivity contribution in [3.8, 4) is 0 Å². The van der Waals surface area contributed by atoms with E-state index in [1.54, 1.807) is 6.20 Å². The number of hydrogen-bond acceptors (Lipinski definition) is 2. The van der Waals surface area contributed by atoms with E-state index in [2.05, 4.69) is 48.4 Å². The molecule has 1 aromatic carbocycles. The summed E-state index contributed by atoms with van der Waals surface area (Å²) < 4.78 is 0. The molecule has 0 radical (unpaired) electrons. The molecule has 3 heteroatoms. The summed E-state index contributed by atoms with van der Waals surface area (Å²) in [5, 5.41) is 4.05. The van der Waals surface area contributed by atoms with Crippen LogP contribution in [0.3, 0.4) is 0 Å². The van der Waals surface area contributed by atoms with E-state index in [-0.39, 0.29) is 0 Å². The van der Waals surface area contributed by atoms with E-state index in [1.165, 1.54) is 11.1 Å². The summed E-state index contributed by atoms with van der Waals surface area (Å²) in [5.41, 5.74) is 4.75. The highest BCUT2D eigenvalue weighted by molar-refractivity contribution is 6.30. The van der Waals surface area contributed by atoms with Crippen molar-refractivity contribution in [1.82, 2.24) is 4.98 Å². The minimum absolute atomic E-state index is 0.401. The largest absolute Gasteiger partial charge is 0.381 e. The van der Waals surface area contributed by atoms with Crippen LogP contribution in [0.5, 0.6) is 0 Å². The van der Waals surface area contributed by atoms with Gasteiger partial charge in [-0.25, -0.2) is 4.98 Å². The Morgan fingerprint density at radius 3 is 2.75 bits per heavy atom. The molecule has 0 spiro atoms. The number of nitrogens with zero attached hydrogens (tertiary/aromatic N) is 1. The van der Waals surface area contributed by atoms with Gasteiger partial charge in [-0.15, -0.1) is 0 Å². The van der Waals surface area contributed by atoms with Crippen LogP contribution >= 0.6 is 11.6 Å². The Morgan fingerprint density at radius 2 is 2.05 bits per heavy atom. The molecule has 0 fully saturated rings. The van der Waals surface area contributed by atoms with E-state index in [0.29, 0.717) is 11.2 Å². The number of aryl methyl sites for hydroxylation is 3. The summed E-state index contributed by atoms with van der Waals surface area (Å²) in [6.07, 6.45) is 3.96. The van der Waals surface area contributed by atoms with E-state index in [9.17, 15) is 0 Å². The van der Waals surface area contributed by atoms with Crippen molar-refractivity contribution in [2.24, 2.45) is 0 Å². The topological polar surface area (TPSA) is 24.9 Å². The standard InChI is InChI=1S/C17H21ClN2/c1-12-5-4-6-15(9-12)8-7-14(3)20-16-10-13(2)17(18)19-11-16/h4-6,9-11,14,20H,7-8H2,1-3H3. The number of hydrogen-bond donors (Lipinski definition) is 1. The van der Waals surface area contributed by atoms with E-state index in [0.717, 1.165) is 24.1 Å². The third-order valence-corrected chi connectivity index (χ3v) is 3.77. The van der Waals surface area contributed by atoms with Gasteiger partial charge < -0.3 is 5.32 Å². The van der Waals surface area contributed by atoms with Crippen LogP contribution in [0.2, 0.25) is 5.15 Å². The van der Waals surface area contributed by atoms with Gasteiger partial charge in [0, 0.05) is 6.04 Å². The Hall–Kier alpha value is -1.54. The molecule has 1 atom stereocenters. The Morgan fingerprint density at radius 1 is 1.25 bits per heavy atom. The maximum atomic E-state index is 5.93. The molecule has 0 saturated carbocycles. The number of benzene rings is 1. The normalized spacial score (nSPS) is 12.2. The first-order valence-corrected chi connectivity index (χ1v) is 7.36. The molecule has 0 aliphatic heterocycles. The van der Waals surface area contributed by atoms with Gasteiger partial charge in [-0.05, 0) is 50.8 Å². The second-order valence-electron chi connectivity index (χ2n) is 5.40. The smallest absolute Gasteiger partial charge is 0.132 e. The van der Waals surface area contributed by atoms with E-state index in [1.807, 2.05) is 13.0 Å². The van der Waals surface area contributed by atoms with Crippen LogP contribution in [0.4, 0.5) is 5.69 Å². The highest BCUT2D eigenvalue weighted by Crippen LogP contribution is 2.18. The monoisotopic (exact) mass is 288 g/mol. The Balaban J connectivity index is 1.89. The molecule has 1 aromatic heterocycles. The van der Waals surface area contributed by atoms with Gasteiger partial charge in [0.2, 0.25) is 0 Å². The van der Waals surface area contributed by atoms with Gasteiger partial charge in [0.25, 0.3) is 0 Å². The number of nitrogens with one attached hydrogen (secondary N) is 1. The summed E-state index contributed by atoms with van der Waals surface area (Å²) in [7, 11) is 0. The van der Waals surface area contributed by atoms with Crippen molar-refractivity contribution >= 4 is 17.3 Å². The van der Waals surface area contributed by atoms with E-state index >= 15 is 0 Å². The van der Waals surface area contributed by atoms with Gasteiger partial charge >= 0.3 is 0 Å². The fraction of sp³-hybridized carbons (Fsp3) is 0.353. The van der Waals surface area contributed by atoms with Crippen LogP contribution in [0, 0.1) is 13.8 Å². The van der Waals surface area contributed by atoms with Crippen molar-refractivity contribution in [3.63, 3.8) is 0 Å². The quantitative estimate of drug-likeness (QED) is 0.801. The van der Waals surface area contributed by atoms with Crippen LogP contribution in [0.15, 0.2) is 36.5 Å². The molecular weight excluding hydrogens is 268 g/mol. The third kappa shape index (κ3) is 4.24. The zero-order chi connectivity index (χ0) is 14.5. The van der Waals surface area contributed by atoms with E-state index < -0.39 is 0 Å². The third-order valence-electron chi connectivity index (χ3n) is 3.38. The summed E-state index contributed by atoms with van der Waals surface area (Å²) in [5.74, 6) is 0. The molecule has 1 heterocycles. The van der Waals surface area contributed by atoms with Crippen LogP contribution in [0.1, 0.15) is 30.0 Å². The van der Waals surface area contributed by atoms with Crippen molar-refractivity contribution in [2.45, 2.75) is 39.7 Å². The molecule has 1 unspecified atom stereocenters. The first-order valence-electron chi connectivity index (χ1n) is 6.99. The summed E-state index contributed by atoms with van der Waals surface area (Å²) in [4.78, 5) is 4.16. The molecule has 0 aliphatic rings. The van der Waals surface area contributed by atoms with Gasteiger partial charge in [-0.3, -0.25) is 0 Å².